The SMILES string of the molecule is Fc1ccc2c(ccn2Cc2ncon2)c1. The van der Waals surface area contributed by atoms with E-state index in [1.165, 1.54) is 18.5 Å². The van der Waals surface area contributed by atoms with Crippen LogP contribution in [0.3, 0.4) is 0 Å². The lowest BCUT2D eigenvalue weighted by atomic mass is 10.2. The molecular weight excluding hydrogens is 209 g/mol. The Morgan fingerprint density at radius 2 is 2.25 bits per heavy atom. The quantitative estimate of drug-likeness (QED) is 0.661. The molecule has 80 valence electrons. The molecule has 16 heavy (non-hydrogen) atoms. The fourth-order valence-corrected chi connectivity index (χ4v) is 1.72. The van der Waals surface area contributed by atoms with E-state index in [1.54, 1.807) is 6.07 Å². The number of hydrogen-bond acceptors (Lipinski definition) is 3. The van der Waals surface area contributed by atoms with Gasteiger partial charge in [-0.2, -0.15) is 4.98 Å². The Hall–Kier alpha value is -2.17. The van der Waals surface area contributed by atoms with Crippen LogP contribution in [-0.4, -0.2) is 14.7 Å². The summed E-state index contributed by atoms with van der Waals surface area (Å²) in [5.74, 6) is 0.367. The Balaban J connectivity index is 2.04. The monoisotopic (exact) mass is 217 g/mol. The van der Waals surface area contributed by atoms with Crippen molar-refractivity contribution in [3.8, 4) is 0 Å². The Morgan fingerprint density at radius 1 is 1.31 bits per heavy atom. The van der Waals surface area contributed by atoms with Crippen LogP contribution in [0.4, 0.5) is 4.39 Å². The van der Waals surface area contributed by atoms with Crippen LogP contribution in [0.15, 0.2) is 41.4 Å². The summed E-state index contributed by atoms with van der Waals surface area (Å²) >= 11 is 0. The minimum absolute atomic E-state index is 0.232. The number of hydrogen-bond donors (Lipinski definition) is 0. The van der Waals surface area contributed by atoms with Gasteiger partial charge in [-0.1, -0.05) is 5.16 Å². The number of nitrogens with zero attached hydrogens (tertiary/aromatic N) is 3. The Kier molecular flexibility index (Phi) is 1.96. The average molecular weight is 217 g/mol. The topological polar surface area (TPSA) is 43.9 Å². The van der Waals surface area contributed by atoms with Gasteiger partial charge in [0.2, 0.25) is 6.39 Å². The van der Waals surface area contributed by atoms with Gasteiger partial charge in [0.25, 0.3) is 0 Å². The molecule has 0 fully saturated rings. The summed E-state index contributed by atoms with van der Waals surface area (Å²) in [6, 6.07) is 6.54. The van der Waals surface area contributed by atoms with E-state index in [1.807, 2.05) is 16.8 Å². The summed E-state index contributed by atoms with van der Waals surface area (Å²) in [5.41, 5.74) is 0.950. The summed E-state index contributed by atoms with van der Waals surface area (Å²) in [4.78, 5) is 3.94. The van der Waals surface area contributed by atoms with Crippen molar-refractivity contribution in [3.63, 3.8) is 0 Å². The molecule has 0 atom stereocenters. The zero-order valence-corrected chi connectivity index (χ0v) is 8.30. The van der Waals surface area contributed by atoms with Gasteiger partial charge in [-0.25, -0.2) is 4.39 Å². The lowest BCUT2D eigenvalue weighted by Gasteiger charge is -2.00. The second-order valence-corrected chi connectivity index (χ2v) is 3.49. The highest BCUT2D eigenvalue weighted by Crippen LogP contribution is 2.17. The van der Waals surface area contributed by atoms with Crippen molar-refractivity contribution >= 4 is 10.9 Å². The molecule has 0 aliphatic heterocycles. The van der Waals surface area contributed by atoms with Crippen LogP contribution in [0.5, 0.6) is 0 Å². The third kappa shape index (κ3) is 1.46. The van der Waals surface area contributed by atoms with Crippen molar-refractivity contribution in [1.29, 1.82) is 0 Å². The molecule has 0 saturated carbocycles. The highest BCUT2D eigenvalue weighted by atomic mass is 19.1. The molecule has 0 aliphatic rings. The van der Waals surface area contributed by atoms with Gasteiger partial charge < -0.3 is 9.09 Å². The van der Waals surface area contributed by atoms with Crippen molar-refractivity contribution < 1.29 is 8.91 Å². The minimum atomic E-state index is -0.232. The predicted molar refractivity (Wildman–Crippen MR) is 55.3 cm³/mol. The molecule has 2 aromatic heterocycles. The van der Waals surface area contributed by atoms with Gasteiger partial charge in [-0.3, -0.25) is 0 Å². The van der Waals surface area contributed by atoms with E-state index < -0.39 is 0 Å². The van der Waals surface area contributed by atoms with Crippen LogP contribution in [-0.2, 0) is 6.54 Å². The van der Waals surface area contributed by atoms with E-state index >= 15 is 0 Å². The van der Waals surface area contributed by atoms with Crippen LogP contribution in [0.2, 0.25) is 0 Å². The molecule has 4 nitrogen and oxygen atoms in total. The summed E-state index contributed by atoms with van der Waals surface area (Å²) in [5, 5.41) is 4.60. The first kappa shape index (κ1) is 9.08. The van der Waals surface area contributed by atoms with E-state index in [9.17, 15) is 4.39 Å². The molecule has 0 unspecified atom stereocenters. The fraction of sp³-hybridized carbons (Fsp3) is 0.0909. The van der Waals surface area contributed by atoms with Gasteiger partial charge in [0.15, 0.2) is 5.82 Å². The Morgan fingerprint density at radius 3 is 3.06 bits per heavy atom. The van der Waals surface area contributed by atoms with Crippen LogP contribution in [0, 0.1) is 5.82 Å². The largest absolute Gasteiger partial charge is 0.343 e. The molecule has 0 N–H and O–H groups in total. The second-order valence-electron chi connectivity index (χ2n) is 3.49. The van der Waals surface area contributed by atoms with Crippen LogP contribution in [0.1, 0.15) is 5.82 Å². The van der Waals surface area contributed by atoms with Gasteiger partial charge in [0, 0.05) is 17.1 Å². The first-order chi connectivity index (χ1) is 7.83. The second kappa shape index (κ2) is 3.44. The Labute approximate surface area is 90.3 Å². The van der Waals surface area contributed by atoms with Gasteiger partial charge in [0.05, 0.1) is 6.54 Å². The normalized spacial score (nSPS) is 11.1. The van der Waals surface area contributed by atoms with Gasteiger partial charge in [-0.05, 0) is 24.3 Å². The van der Waals surface area contributed by atoms with Crippen LogP contribution < -0.4 is 0 Å². The van der Waals surface area contributed by atoms with Crippen molar-refractivity contribution in [2.75, 3.05) is 0 Å². The number of halogens is 1. The van der Waals surface area contributed by atoms with Crippen molar-refractivity contribution in [1.82, 2.24) is 14.7 Å². The number of aromatic nitrogens is 3. The standard InChI is InChI=1S/C11H8FN3O/c12-9-1-2-10-8(5-9)3-4-15(10)6-11-13-7-16-14-11/h1-5,7H,6H2. The number of fused-ring (bicyclic) bond motifs is 1. The molecule has 0 saturated heterocycles. The van der Waals surface area contributed by atoms with E-state index in [-0.39, 0.29) is 5.82 Å². The summed E-state index contributed by atoms with van der Waals surface area (Å²) in [7, 11) is 0. The molecule has 5 heteroatoms. The molecule has 1 aromatic carbocycles. The highest BCUT2D eigenvalue weighted by molar-refractivity contribution is 5.80. The van der Waals surface area contributed by atoms with E-state index in [2.05, 4.69) is 14.7 Å². The third-order valence-electron chi connectivity index (χ3n) is 2.45. The molecule has 3 aromatic rings. The zero-order chi connectivity index (χ0) is 11.0. The minimum Gasteiger partial charge on any atom is -0.343 e. The molecule has 0 radical (unpaired) electrons. The molecule has 0 spiro atoms. The lowest BCUT2D eigenvalue weighted by molar-refractivity contribution is 0.408. The van der Waals surface area contributed by atoms with Crippen molar-refractivity contribution in [2.45, 2.75) is 6.54 Å². The molecular formula is C11H8FN3O. The lowest BCUT2D eigenvalue weighted by Crippen LogP contribution is -1.99. The van der Waals surface area contributed by atoms with E-state index in [0.29, 0.717) is 12.4 Å². The first-order valence-corrected chi connectivity index (χ1v) is 4.82. The third-order valence-corrected chi connectivity index (χ3v) is 2.45. The fourth-order valence-electron chi connectivity index (χ4n) is 1.72. The van der Waals surface area contributed by atoms with Crippen LogP contribution >= 0.6 is 0 Å². The predicted octanol–water partition coefficient (Wildman–Crippen LogP) is 2.21. The molecule has 0 bridgehead atoms. The van der Waals surface area contributed by atoms with Crippen molar-refractivity contribution in [2.24, 2.45) is 0 Å². The molecule has 0 aliphatic carbocycles. The summed E-state index contributed by atoms with van der Waals surface area (Å²) < 4.78 is 19.6. The molecule has 0 amide bonds. The maximum absolute atomic E-state index is 13.0. The van der Waals surface area contributed by atoms with Gasteiger partial charge >= 0.3 is 0 Å². The number of benzene rings is 1. The zero-order valence-electron chi connectivity index (χ0n) is 8.30. The number of rotatable bonds is 2. The van der Waals surface area contributed by atoms with Crippen LogP contribution in [0.25, 0.3) is 10.9 Å². The van der Waals surface area contributed by atoms with E-state index in [4.69, 9.17) is 0 Å². The average Bonchev–Trinajstić information content (AvgIpc) is 2.89. The first-order valence-electron chi connectivity index (χ1n) is 4.82. The maximum atomic E-state index is 13.0. The maximum Gasteiger partial charge on any atom is 0.213 e. The van der Waals surface area contributed by atoms with Gasteiger partial charge in [0.1, 0.15) is 5.82 Å². The van der Waals surface area contributed by atoms with Crippen molar-refractivity contribution in [3.05, 3.63) is 48.5 Å². The molecule has 2 heterocycles. The summed E-state index contributed by atoms with van der Waals surface area (Å²) in [6.07, 6.45) is 3.17. The summed E-state index contributed by atoms with van der Waals surface area (Å²) in [6.45, 7) is 0.519. The molecule has 3 rings (SSSR count). The highest BCUT2D eigenvalue weighted by Gasteiger charge is 2.05. The van der Waals surface area contributed by atoms with Gasteiger partial charge in [-0.15, -0.1) is 0 Å². The smallest absolute Gasteiger partial charge is 0.213 e. The van der Waals surface area contributed by atoms with E-state index in [0.717, 1.165) is 10.9 Å². The Bertz CT molecular complexity index is 615.